The predicted molar refractivity (Wildman–Crippen MR) is 69.7 cm³/mol. The van der Waals surface area contributed by atoms with E-state index in [0.717, 1.165) is 19.5 Å². The first-order valence-electron chi connectivity index (χ1n) is 5.50. The average molecular weight is 288 g/mol. The van der Waals surface area contributed by atoms with Crippen LogP contribution in [0.2, 0.25) is 0 Å². The van der Waals surface area contributed by atoms with E-state index in [1.54, 1.807) is 14.2 Å². The minimum atomic E-state index is -3.31. The van der Waals surface area contributed by atoms with Gasteiger partial charge in [-0.1, -0.05) is 0 Å². The van der Waals surface area contributed by atoms with Gasteiger partial charge in [-0.3, -0.25) is 0 Å². The van der Waals surface area contributed by atoms with Crippen molar-refractivity contribution < 1.29 is 13.2 Å². The summed E-state index contributed by atoms with van der Waals surface area (Å²) in [6.45, 7) is 3.54. The van der Waals surface area contributed by atoms with Crippen LogP contribution in [0.4, 0.5) is 0 Å². The quantitative estimate of drug-likeness (QED) is 0.742. The Bertz CT molecular complexity index is 292. The van der Waals surface area contributed by atoms with E-state index in [0.29, 0.717) is 26.2 Å². The highest BCUT2D eigenvalue weighted by atomic mass is 35.5. The minimum absolute atomic E-state index is 0. The van der Waals surface area contributed by atoms with E-state index in [-0.39, 0.29) is 12.4 Å². The Kier molecular flexibility index (Phi) is 8.27. The van der Waals surface area contributed by atoms with Gasteiger partial charge in [-0.2, -0.15) is 17.0 Å². The molecule has 1 aliphatic heterocycles. The standard InChI is InChI=1S/C9H21N3O3S.ClH/c1-11(8-9-15-2)16(13,14)12-6-3-4-10-5-7-12;/h10H,3-9H2,1-2H3;1H. The van der Waals surface area contributed by atoms with Gasteiger partial charge in [0.1, 0.15) is 0 Å². The molecule has 0 saturated carbocycles. The van der Waals surface area contributed by atoms with Crippen LogP contribution in [-0.4, -0.2) is 70.5 Å². The molecule has 0 atom stereocenters. The van der Waals surface area contributed by atoms with Crippen LogP contribution in [-0.2, 0) is 14.9 Å². The van der Waals surface area contributed by atoms with Crippen LogP contribution >= 0.6 is 12.4 Å². The van der Waals surface area contributed by atoms with Crippen molar-refractivity contribution in [3.05, 3.63) is 0 Å². The molecule has 0 bridgehead atoms. The molecule has 17 heavy (non-hydrogen) atoms. The molecule has 0 aromatic rings. The van der Waals surface area contributed by atoms with Crippen molar-refractivity contribution in [1.82, 2.24) is 13.9 Å². The molecule has 1 fully saturated rings. The summed E-state index contributed by atoms with van der Waals surface area (Å²) in [6.07, 6.45) is 0.858. The summed E-state index contributed by atoms with van der Waals surface area (Å²) in [7, 11) is -0.155. The number of hydrogen-bond donors (Lipinski definition) is 1. The molecular formula is C9H22ClN3O3S. The first-order valence-corrected chi connectivity index (χ1v) is 6.90. The maximum absolute atomic E-state index is 12.1. The zero-order valence-corrected chi connectivity index (χ0v) is 12.0. The number of rotatable bonds is 5. The molecule has 0 radical (unpaired) electrons. The van der Waals surface area contributed by atoms with E-state index in [9.17, 15) is 8.42 Å². The summed E-state index contributed by atoms with van der Waals surface area (Å²) >= 11 is 0. The van der Waals surface area contributed by atoms with Gasteiger partial charge in [0.2, 0.25) is 0 Å². The van der Waals surface area contributed by atoms with E-state index in [1.165, 1.54) is 8.61 Å². The summed E-state index contributed by atoms with van der Waals surface area (Å²) in [5.41, 5.74) is 0. The molecule has 0 unspecified atom stereocenters. The van der Waals surface area contributed by atoms with Crippen LogP contribution in [0.25, 0.3) is 0 Å². The van der Waals surface area contributed by atoms with E-state index in [2.05, 4.69) is 5.32 Å². The Morgan fingerprint density at radius 1 is 1.35 bits per heavy atom. The minimum Gasteiger partial charge on any atom is -0.383 e. The topological polar surface area (TPSA) is 61.9 Å². The molecule has 1 aliphatic rings. The van der Waals surface area contributed by atoms with Crippen molar-refractivity contribution in [2.45, 2.75) is 6.42 Å². The number of nitrogens with one attached hydrogen (secondary N) is 1. The Morgan fingerprint density at radius 3 is 2.71 bits per heavy atom. The number of hydrogen-bond acceptors (Lipinski definition) is 4. The van der Waals surface area contributed by atoms with Crippen molar-refractivity contribution in [2.75, 3.05) is 53.5 Å². The molecule has 8 heteroatoms. The maximum atomic E-state index is 12.1. The summed E-state index contributed by atoms with van der Waals surface area (Å²) in [5, 5.41) is 3.18. The van der Waals surface area contributed by atoms with Crippen molar-refractivity contribution in [1.29, 1.82) is 0 Å². The molecule has 1 N–H and O–H groups in total. The maximum Gasteiger partial charge on any atom is 0.281 e. The second-order valence-electron chi connectivity index (χ2n) is 3.82. The third-order valence-corrected chi connectivity index (χ3v) is 4.62. The molecule has 0 aromatic heterocycles. The van der Waals surface area contributed by atoms with Gasteiger partial charge in [0.15, 0.2) is 0 Å². The molecular weight excluding hydrogens is 266 g/mol. The first-order chi connectivity index (χ1) is 7.59. The third-order valence-electron chi connectivity index (χ3n) is 2.63. The molecule has 0 spiro atoms. The Morgan fingerprint density at radius 2 is 2.06 bits per heavy atom. The van der Waals surface area contributed by atoms with E-state index in [1.807, 2.05) is 0 Å². The number of methoxy groups -OCH3 is 1. The molecule has 0 amide bonds. The summed E-state index contributed by atoms with van der Waals surface area (Å²) in [4.78, 5) is 0. The lowest BCUT2D eigenvalue weighted by Crippen LogP contribution is -2.44. The van der Waals surface area contributed by atoms with Gasteiger partial charge in [0.25, 0.3) is 10.2 Å². The van der Waals surface area contributed by atoms with Crippen LogP contribution in [0.1, 0.15) is 6.42 Å². The van der Waals surface area contributed by atoms with Crippen molar-refractivity contribution in [2.24, 2.45) is 0 Å². The molecule has 1 rings (SSSR count). The number of halogens is 1. The van der Waals surface area contributed by atoms with Crippen LogP contribution < -0.4 is 5.32 Å². The van der Waals surface area contributed by atoms with Crippen LogP contribution in [0.15, 0.2) is 0 Å². The van der Waals surface area contributed by atoms with Gasteiger partial charge in [-0.05, 0) is 13.0 Å². The Hall–Kier alpha value is 0.0800. The highest BCUT2D eigenvalue weighted by molar-refractivity contribution is 7.86. The van der Waals surface area contributed by atoms with Crippen molar-refractivity contribution in [3.8, 4) is 0 Å². The van der Waals surface area contributed by atoms with Crippen LogP contribution in [0.3, 0.4) is 0 Å². The largest absolute Gasteiger partial charge is 0.383 e. The lowest BCUT2D eigenvalue weighted by molar-refractivity contribution is 0.182. The van der Waals surface area contributed by atoms with E-state index < -0.39 is 10.2 Å². The van der Waals surface area contributed by atoms with Crippen LogP contribution in [0.5, 0.6) is 0 Å². The fourth-order valence-electron chi connectivity index (χ4n) is 1.58. The summed E-state index contributed by atoms with van der Waals surface area (Å²) in [6, 6.07) is 0. The van der Waals surface area contributed by atoms with Crippen LogP contribution in [0, 0.1) is 0 Å². The van der Waals surface area contributed by atoms with Crippen molar-refractivity contribution in [3.63, 3.8) is 0 Å². The molecule has 1 heterocycles. The van der Waals surface area contributed by atoms with E-state index >= 15 is 0 Å². The zero-order valence-electron chi connectivity index (χ0n) is 10.4. The van der Waals surface area contributed by atoms with Gasteiger partial charge in [0.05, 0.1) is 6.61 Å². The summed E-state index contributed by atoms with van der Waals surface area (Å²) < 4.78 is 32.0. The fourth-order valence-corrected chi connectivity index (χ4v) is 2.97. The first kappa shape index (κ1) is 17.1. The highest BCUT2D eigenvalue weighted by Crippen LogP contribution is 2.08. The fraction of sp³-hybridized carbons (Fsp3) is 1.00. The highest BCUT2D eigenvalue weighted by Gasteiger charge is 2.26. The number of ether oxygens (including phenoxy) is 1. The molecule has 0 aliphatic carbocycles. The molecule has 1 saturated heterocycles. The zero-order chi connectivity index (χ0) is 12.0. The number of nitrogens with zero attached hydrogens (tertiary/aromatic N) is 2. The lowest BCUT2D eigenvalue weighted by Gasteiger charge is -2.25. The van der Waals surface area contributed by atoms with Gasteiger partial charge < -0.3 is 10.1 Å². The second kappa shape index (κ2) is 8.23. The molecule has 0 aromatic carbocycles. The second-order valence-corrected chi connectivity index (χ2v) is 5.86. The lowest BCUT2D eigenvalue weighted by atomic mass is 10.4. The van der Waals surface area contributed by atoms with Gasteiger partial charge >= 0.3 is 0 Å². The normalized spacial score (nSPS) is 18.8. The Labute approximate surface area is 110 Å². The van der Waals surface area contributed by atoms with Gasteiger partial charge in [-0.15, -0.1) is 12.4 Å². The summed E-state index contributed by atoms with van der Waals surface area (Å²) in [5.74, 6) is 0. The molecule has 6 nitrogen and oxygen atoms in total. The number of likely N-dealkylation sites (N-methyl/N-ethyl adjacent to an activating group) is 1. The average Bonchev–Trinajstić information content (AvgIpc) is 2.54. The van der Waals surface area contributed by atoms with E-state index in [4.69, 9.17) is 4.74 Å². The third kappa shape index (κ3) is 5.07. The van der Waals surface area contributed by atoms with Gasteiger partial charge in [-0.25, -0.2) is 0 Å². The van der Waals surface area contributed by atoms with Gasteiger partial charge in [0, 0.05) is 40.3 Å². The SMILES string of the molecule is COCCN(C)S(=O)(=O)N1CCCNCC1.Cl. The molecule has 104 valence electrons. The smallest absolute Gasteiger partial charge is 0.281 e. The monoisotopic (exact) mass is 287 g/mol. The van der Waals surface area contributed by atoms with Crippen molar-refractivity contribution >= 4 is 22.6 Å². The predicted octanol–water partition coefficient (Wildman–Crippen LogP) is -0.473. The Balaban J connectivity index is 0.00000256.